The first-order chi connectivity index (χ1) is 15.6. The van der Waals surface area contributed by atoms with Crippen LogP contribution in [0.2, 0.25) is 0 Å². The second kappa shape index (κ2) is 24.6. The summed E-state index contributed by atoms with van der Waals surface area (Å²) in [5.74, 6) is 0. The Bertz CT molecular complexity index is 843. The van der Waals surface area contributed by atoms with E-state index in [4.69, 9.17) is 0 Å². The van der Waals surface area contributed by atoms with Gasteiger partial charge >= 0.3 is 226 Å². The topological polar surface area (TPSA) is 435 Å². The van der Waals surface area contributed by atoms with Crippen LogP contribution in [0, 0.1) is 0 Å². The van der Waals surface area contributed by atoms with Crippen LogP contribution in [-0.2, 0) is 54.5 Å². The molecule has 1 rings (SSSR count). The first-order valence-electron chi connectivity index (χ1n) is 7.80. The van der Waals surface area contributed by atoms with E-state index in [-0.39, 0.29) is 226 Å². The average Bonchev–Trinajstić information content (AvgIpc) is 2.51. The monoisotopic (exact) mass is 888 g/mol. The third kappa shape index (κ3) is 27.8. The number of rotatable bonds is 12. The van der Waals surface area contributed by atoms with Crippen LogP contribution in [0.5, 0.6) is 0 Å². The zero-order valence-corrected chi connectivity index (χ0v) is 38.8. The van der Waals surface area contributed by atoms with E-state index in [2.05, 4.69) is 27.1 Å². The Kier molecular flexibility index (Phi) is 36.4. The van der Waals surface area contributed by atoms with Gasteiger partial charge in [0, 0.05) is 0 Å². The molecule has 24 nitrogen and oxygen atoms in total. The second-order valence-corrected chi connectivity index (χ2v) is 12.7. The molecule has 216 valence electrons. The Morgan fingerprint density at radius 1 is 0.262 bits per heavy atom. The van der Waals surface area contributed by atoms with Crippen LogP contribution in [0.4, 0.5) is 0 Å². The van der Waals surface area contributed by atoms with Crippen molar-refractivity contribution in [2.75, 3.05) is 0 Å². The largest absolute Gasteiger partial charge is 2.00 e. The molecule has 1 aliphatic rings. The van der Waals surface area contributed by atoms with Gasteiger partial charge < -0.3 is 113 Å². The Balaban J connectivity index is -0.000000540. The second-order valence-electron chi connectivity index (χ2n) is 6.10. The smallest absolute Gasteiger partial charge is 0.790 e. The summed E-state index contributed by atoms with van der Waals surface area (Å²) in [6, 6.07) is 0. The van der Waals surface area contributed by atoms with Crippen LogP contribution < -0.4 is 58.7 Å². The summed E-state index contributed by atoms with van der Waals surface area (Å²) in [5, 5.41) is 0. The van der Waals surface area contributed by atoms with Crippen LogP contribution in [0.15, 0.2) is 0 Å². The molecule has 0 N–H and O–H groups in total. The maximum Gasteiger partial charge on any atom is 2.00 e. The molecule has 0 bridgehead atoms. The minimum Gasteiger partial charge on any atom is -0.790 e. The Morgan fingerprint density at radius 3 is 0.381 bits per heavy atom. The summed E-state index contributed by atoms with van der Waals surface area (Å²) in [6.07, 6.45) is -21.5. The summed E-state index contributed by atoms with van der Waals surface area (Å²) < 4.78 is 88.3. The molecule has 0 unspecified atom stereocenters. The average molecular weight is 888 g/mol. The molecule has 0 saturated heterocycles. The van der Waals surface area contributed by atoms with Crippen LogP contribution in [0.1, 0.15) is 0 Å². The van der Waals surface area contributed by atoms with E-state index < -0.39 is 83.6 Å². The molecule has 0 aromatic heterocycles. The molecule has 0 aromatic rings. The molecule has 1 aliphatic carbocycles. The minimum absolute atomic E-state index is 0. The maximum atomic E-state index is 11.1. The van der Waals surface area contributed by atoms with Crippen molar-refractivity contribution in [3.8, 4) is 0 Å². The normalized spacial score (nSPS) is 25.1. The van der Waals surface area contributed by atoms with Gasteiger partial charge in [0.15, 0.2) is 0 Å². The van der Waals surface area contributed by atoms with Crippen molar-refractivity contribution in [2.24, 2.45) is 0 Å². The third-order valence-corrected chi connectivity index (χ3v) is 6.46. The molecule has 0 aromatic carbocycles. The molecule has 0 aliphatic heterocycles. The van der Waals surface area contributed by atoms with Gasteiger partial charge in [-0.2, -0.15) is 0 Å². The van der Waals surface area contributed by atoms with E-state index in [9.17, 15) is 86.1 Å². The van der Waals surface area contributed by atoms with Crippen molar-refractivity contribution in [3.05, 3.63) is 0 Å². The first kappa shape index (κ1) is 62.2. The zero-order valence-electron chi connectivity index (χ0n) is 20.2. The van der Waals surface area contributed by atoms with Crippen LogP contribution in [0.3, 0.4) is 0 Å². The number of hydrogen-bond donors (Lipinski definition) is 0. The van der Waals surface area contributed by atoms with Gasteiger partial charge in [0.25, 0.3) is 0 Å². The molecule has 1 fully saturated rings. The van der Waals surface area contributed by atoms with Gasteiger partial charge in [0.05, 0.1) is 46.9 Å². The molecule has 42 heavy (non-hydrogen) atoms. The fourth-order valence-electron chi connectivity index (χ4n) is 2.74. The van der Waals surface area contributed by atoms with Crippen LogP contribution in [0.25, 0.3) is 0 Å². The molecular weight excluding hydrogens is 882 g/mol. The van der Waals surface area contributed by atoms with Gasteiger partial charge in [-0.3, -0.25) is 0 Å². The van der Waals surface area contributed by atoms with E-state index in [1.165, 1.54) is 0 Å². The summed E-state index contributed by atoms with van der Waals surface area (Å²) in [4.78, 5) is 133. The molecule has 0 atom stereocenters. The number of phosphoric ester groups is 6. The van der Waals surface area contributed by atoms with Gasteiger partial charge in [-0.25, -0.2) is 0 Å². The quantitative estimate of drug-likeness (QED) is 0.130. The molecule has 0 heterocycles. The Labute approximate surface area is 414 Å². The third-order valence-electron chi connectivity index (χ3n) is 3.45. The zero-order chi connectivity index (χ0) is 28.7. The van der Waals surface area contributed by atoms with Crippen molar-refractivity contribution in [3.63, 3.8) is 0 Å². The number of hydrogen-bond acceptors (Lipinski definition) is 24. The minimum atomic E-state index is -6.68. The predicted octanol–water partition coefficient (Wildman–Crippen LogP) is -13.0. The van der Waals surface area contributed by atoms with Crippen LogP contribution in [-0.4, -0.2) is 263 Å². The van der Waals surface area contributed by atoms with Crippen molar-refractivity contribution in [1.29, 1.82) is 0 Å². The molecule has 1 saturated carbocycles. The summed E-state index contributed by atoms with van der Waals surface area (Å²) in [7, 11) is -40.1. The summed E-state index contributed by atoms with van der Waals surface area (Å²) in [5.41, 5.74) is 0. The molecular formula is C6H6Ca6O24P6. The summed E-state index contributed by atoms with van der Waals surface area (Å²) in [6.45, 7) is 0. The van der Waals surface area contributed by atoms with E-state index in [0.717, 1.165) is 0 Å². The molecule has 0 spiro atoms. The van der Waals surface area contributed by atoms with E-state index >= 15 is 0 Å². The van der Waals surface area contributed by atoms with Gasteiger partial charge in [-0.1, -0.05) is 0 Å². The van der Waals surface area contributed by atoms with Crippen molar-refractivity contribution >= 4 is 273 Å². The maximum absolute atomic E-state index is 11.1. The van der Waals surface area contributed by atoms with Gasteiger partial charge in [0.1, 0.15) is 36.6 Å². The molecule has 0 radical (unpaired) electrons. The first-order valence-corrected chi connectivity index (χ1v) is 16.6. The Hall–Kier alpha value is 8.22. The predicted molar refractivity (Wildman–Crippen MR) is 109 cm³/mol. The van der Waals surface area contributed by atoms with E-state index in [0.29, 0.717) is 0 Å². The van der Waals surface area contributed by atoms with E-state index in [1.807, 2.05) is 0 Å². The summed E-state index contributed by atoms with van der Waals surface area (Å²) >= 11 is 0. The van der Waals surface area contributed by atoms with Crippen LogP contribution >= 0.6 is 46.9 Å². The van der Waals surface area contributed by atoms with Gasteiger partial charge in [-0.05, 0) is 0 Å². The SMILES string of the molecule is O=P([O-])([O-])O[C@H]1[C@H](OP(=O)([O-])[O-])[C@@H](OP(=O)([O-])[O-])[C@H](OP(=O)([O-])[O-])[C@@H](OP(=O)([O-])[O-])[C@H]1OP(=O)([O-])[O-].[Ca+2].[Ca+2].[Ca+2].[Ca+2].[Ca+2].[Ca+2]. The van der Waals surface area contributed by atoms with Crippen molar-refractivity contribution in [2.45, 2.75) is 36.6 Å². The fraction of sp³-hybridized carbons (Fsp3) is 1.00. The van der Waals surface area contributed by atoms with Crippen molar-refractivity contribution < 1.29 is 113 Å². The number of phosphoric acid groups is 6. The fourth-order valence-corrected chi connectivity index (χ4v) is 5.96. The molecule has 36 heteroatoms. The van der Waals surface area contributed by atoms with Crippen molar-refractivity contribution in [1.82, 2.24) is 0 Å². The van der Waals surface area contributed by atoms with Gasteiger partial charge in [-0.15, -0.1) is 0 Å². The standard InChI is InChI=1S/C6H18O24P6.6Ca/c7-31(8,9)25-1-2(26-32(10,11)12)4(28-34(16,17)18)6(30-36(22,23)24)5(29-35(19,20)21)3(1)27-33(13,14)15;;;;;;/h1-6H,(H2,7,8,9)(H2,10,11,12)(H2,13,14,15)(H2,16,17,18)(H2,19,20,21)(H2,22,23,24);;;;;;/q;6*+2/p-12/t1-,2-,3-,4+,5-,6-;;;;;;. The van der Waals surface area contributed by atoms with E-state index in [1.54, 1.807) is 0 Å². The Morgan fingerprint density at radius 2 is 0.333 bits per heavy atom. The molecule has 0 amide bonds. The van der Waals surface area contributed by atoms with Gasteiger partial charge in [0.2, 0.25) is 0 Å².